The molecule has 0 saturated carbocycles. The molecule has 0 amide bonds. The molecule has 4 heteroatoms. The van der Waals surface area contributed by atoms with Crippen LogP contribution >= 0.6 is 15.9 Å². The average molecular weight is 300 g/mol. The monoisotopic (exact) mass is 299 g/mol. The molecule has 1 aromatic carbocycles. The Hall–Kier alpha value is -0.580. The molecule has 2 rings (SSSR count). The van der Waals surface area contributed by atoms with Gasteiger partial charge >= 0.3 is 0 Å². The molecule has 1 aromatic rings. The lowest BCUT2D eigenvalue weighted by Crippen LogP contribution is -2.33. The third-order valence-corrected chi connectivity index (χ3v) is 3.39. The SMILES string of the molecule is CC(C)(CN)OCc1cc(Br)cc2c1OCC2. The second-order valence-electron chi connectivity index (χ2n) is 4.90. The van der Waals surface area contributed by atoms with Gasteiger partial charge in [-0.15, -0.1) is 0 Å². The summed E-state index contributed by atoms with van der Waals surface area (Å²) in [6, 6.07) is 4.16. The summed E-state index contributed by atoms with van der Waals surface area (Å²) in [6.45, 7) is 5.78. The van der Waals surface area contributed by atoms with E-state index in [9.17, 15) is 0 Å². The summed E-state index contributed by atoms with van der Waals surface area (Å²) < 4.78 is 12.5. The van der Waals surface area contributed by atoms with Gasteiger partial charge in [0, 0.05) is 23.0 Å². The Kier molecular flexibility index (Phi) is 3.76. The van der Waals surface area contributed by atoms with E-state index in [1.165, 1.54) is 5.56 Å². The molecule has 0 atom stereocenters. The van der Waals surface area contributed by atoms with Gasteiger partial charge in [-0.1, -0.05) is 15.9 Å². The lowest BCUT2D eigenvalue weighted by molar-refractivity contribution is -0.0228. The number of nitrogens with two attached hydrogens (primary N) is 1. The number of rotatable bonds is 4. The molecule has 3 nitrogen and oxygen atoms in total. The number of benzene rings is 1. The van der Waals surface area contributed by atoms with Crippen molar-refractivity contribution in [1.29, 1.82) is 0 Å². The van der Waals surface area contributed by atoms with E-state index in [1.54, 1.807) is 0 Å². The van der Waals surface area contributed by atoms with Crippen molar-refractivity contribution in [3.63, 3.8) is 0 Å². The van der Waals surface area contributed by atoms with Crippen LogP contribution in [0.15, 0.2) is 16.6 Å². The van der Waals surface area contributed by atoms with Gasteiger partial charge in [-0.3, -0.25) is 0 Å². The van der Waals surface area contributed by atoms with Gasteiger partial charge in [-0.05, 0) is 31.5 Å². The minimum Gasteiger partial charge on any atom is -0.493 e. The van der Waals surface area contributed by atoms with E-state index in [1.807, 2.05) is 13.8 Å². The highest BCUT2D eigenvalue weighted by Gasteiger charge is 2.21. The number of fused-ring (bicyclic) bond motifs is 1. The topological polar surface area (TPSA) is 44.5 Å². The zero-order valence-electron chi connectivity index (χ0n) is 10.3. The molecule has 0 radical (unpaired) electrons. The predicted molar refractivity (Wildman–Crippen MR) is 71.3 cm³/mol. The Bertz CT molecular complexity index is 418. The minimum absolute atomic E-state index is 0.298. The average Bonchev–Trinajstić information content (AvgIpc) is 2.73. The fraction of sp³-hybridized carbons (Fsp3) is 0.538. The van der Waals surface area contributed by atoms with Crippen LogP contribution in [0, 0.1) is 0 Å². The maximum absolute atomic E-state index is 5.82. The lowest BCUT2D eigenvalue weighted by Gasteiger charge is -2.23. The molecular weight excluding hydrogens is 282 g/mol. The summed E-state index contributed by atoms with van der Waals surface area (Å²) >= 11 is 3.52. The first-order chi connectivity index (χ1) is 8.02. The first kappa shape index (κ1) is 12.9. The summed E-state index contributed by atoms with van der Waals surface area (Å²) in [7, 11) is 0. The first-order valence-electron chi connectivity index (χ1n) is 5.80. The largest absolute Gasteiger partial charge is 0.493 e. The molecule has 17 heavy (non-hydrogen) atoms. The van der Waals surface area contributed by atoms with Gasteiger partial charge in [0.05, 0.1) is 18.8 Å². The summed E-state index contributed by atoms with van der Waals surface area (Å²) in [6.07, 6.45) is 0.974. The molecule has 0 spiro atoms. The molecule has 0 saturated heterocycles. The van der Waals surface area contributed by atoms with Crippen LogP contribution in [0.25, 0.3) is 0 Å². The molecule has 94 valence electrons. The number of halogens is 1. The van der Waals surface area contributed by atoms with Crippen molar-refractivity contribution in [3.8, 4) is 5.75 Å². The summed E-state index contributed by atoms with van der Waals surface area (Å²) in [5.41, 5.74) is 7.69. The van der Waals surface area contributed by atoms with Gasteiger partial charge in [0.1, 0.15) is 5.75 Å². The molecule has 0 aromatic heterocycles. The van der Waals surface area contributed by atoms with E-state index in [-0.39, 0.29) is 5.60 Å². The van der Waals surface area contributed by atoms with E-state index < -0.39 is 0 Å². The molecule has 1 aliphatic rings. The molecule has 1 heterocycles. The van der Waals surface area contributed by atoms with Crippen LogP contribution in [-0.2, 0) is 17.8 Å². The van der Waals surface area contributed by atoms with Crippen LogP contribution in [0.2, 0.25) is 0 Å². The Morgan fingerprint density at radius 2 is 2.24 bits per heavy atom. The molecule has 0 aliphatic carbocycles. The normalized spacial score (nSPS) is 14.6. The van der Waals surface area contributed by atoms with Gasteiger partial charge in [0.15, 0.2) is 0 Å². The van der Waals surface area contributed by atoms with E-state index in [0.29, 0.717) is 13.2 Å². The van der Waals surface area contributed by atoms with Gasteiger partial charge in [0.25, 0.3) is 0 Å². The Morgan fingerprint density at radius 1 is 1.47 bits per heavy atom. The lowest BCUT2D eigenvalue weighted by atomic mass is 10.1. The molecule has 1 aliphatic heterocycles. The Balaban J connectivity index is 2.16. The highest BCUT2D eigenvalue weighted by Crippen LogP contribution is 2.33. The van der Waals surface area contributed by atoms with Crippen molar-refractivity contribution in [2.24, 2.45) is 5.73 Å². The van der Waals surface area contributed by atoms with Crippen molar-refractivity contribution in [2.75, 3.05) is 13.2 Å². The molecule has 2 N–H and O–H groups in total. The van der Waals surface area contributed by atoms with Crippen LogP contribution < -0.4 is 10.5 Å². The Morgan fingerprint density at radius 3 is 2.94 bits per heavy atom. The number of hydrogen-bond donors (Lipinski definition) is 1. The minimum atomic E-state index is -0.298. The van der Waals surface area contributed by atoms with Crippen molar-refractivity contribution in [3.05, 3.63) is 27.7 Å². The zero-order chi connectivity index (χ0) is 12.5. The van der Waals surface area contributed by atoms with Crippen molar-refractivity contribution < 1.29 is 9.47 Å². The second kappa shape index (κ2) is 4.96. The molecular formula is C13H18BrNO2. The smallest absolute Gasteiger partial charge is 0.128 e. The third-order valence-electron chi connectivity index (χ3n) is 2.94. The van der Waals surface area contributed by atoms with Crippen LogP contribution in [0.1, 0.15) is 25.0 Å². The predicted octanol–water partition coefficient (Wildman–Crippen LogP) is 2.64. The first-order valence-corrected chi connectivity index (χ1v) is 6.59. The maximum Gasteiger partial charge on any atom is 0.128 e. The van der Waals surface area contributed by atoms with E-state index >= 15 is 0 Å². The van der Waals surface area contributed by atoms with E-state index in [0.717, 1.165) is 28.8 Å². The zero-order valence-corrected chi connectivity index (χ0v) is 11.8. The van der Waals surface area contributed by atoms with Crippen LogP contribution in [0.3, 0.4) is 0 Å². The van der Waals surface area contributed by atoms with Gasteiger partial charge < -0.3 is 15.2 Å². The third kappa shape index (κ3) is 3.00. The van der Waals surface area contributed by atoms with E-state index in [4.69, 9.17) is 15.2 Å². The molecule has 0 fully saturated rings. The van der Waals surface area contributed by atoms with Crippen LogP contribution in [0.5, 0.6) is 5.75 Å². The molecule has 0 bridgehead atoms. The quantitative estimate of drug-likeness (QED) is 0.929. The van der Waals surface area contributed by atoms with E-state index in [2.05, 4.69) is 28.1 Å². The van der Waals surface area contributed by atoms with Crippen molar-refractivity contribution >= 4 is 15.9 Å². The van der Waals surface area contributed by atoms with Crippen molar-refractivity contribution in [2.45, 2.75) is 32.5 Å². The van der Waals surface area contributed by atoms with Crippen LogP contribution in [0.4, 0.5) is 0 Å². The summed E-state index contributed by atoms with van der Waals surface area (Å²) in [5, 5.41) is 0. The van der Waals surface area contributed by atoms with Gasteiger partial charge in [0.2, 0.25) is 0 Å². The maximum atomic E-state index is 5.82. The molecule has 0 unspecified atom stereocenters. The fourth-order valence-corrected chi connectivity index (χ4v) is 2.34. The Labute approximate surface area is 110 Å². The van der Waals surface area contributed by atoms with Crippen LogP contribution in [-0.4, -0.2) is 18.8 Å². The highest BCUT2D eigenvalue weighted by molar-refractivity contribution is 9.10. The fourth-order valence-electron chi connectivity index (χ4n) is 1.79. The number of ether oxygens (including phenoxy) is 2. The van der Waals surface area contributed by atoms with Crippen molar-refractivity contribution in [1.82, 2.24) is 0 Å². The van der Waals surface area contributed by atoms with Gasteiger partial charge in [-0.25, -0.2) is 0 Å². The summed E-state index contributed by atoms with van der Waals surface area (Å²) in [5.74, 6) is 0.987. The number of hydrogen-bond acceptors (Lipinski definition) is 3. The second-order valence-corrected chi connectivity index (χ2v) is 5.82. The standard InChI is InChI=1S/C13H18BrNO2/c1-13(2,8-15)17-7-10-6-11(14)5-9-3-4-16-12(9)10/h5-6H,3-4,7-8,15H2,1-2H3. The summed E-state index contributed by atoms with van der Waals surface area (Å²) in [4.78, 5) is 0. The highest BCUT2D eigenvalue weighted by atomic mass is 79.9. The van der Waals surface area contributed by atoms with Gasteiger partial charge in [-0.2, -0.15) is 0 Å².